The zero-order valence-corrected chi connectivity index (χ0v) is 11.2. The molecule has 2 heterocycles. The molecule has 1 aromatic rings. The van der Waals surface area contributed by atoms with Crippen molar-refractivity contribution in [2.45, 2.75) is 40.2 Å². The number of aliphatic carboxylic acids is 1. The molecule has 1 aromatic heterocycles. The highest BCUT2D eigenvalue weighted by molar-refractivity contribution is 5.74. The molecule has 0 aromatic carbocycles. The van der Waals surface area contributed by atoms with Crippen LogP contribution in [-0.2, 0) is 11.3 Å². The molecule has 1 aliphatic rings. The lowest BCUT2D eigenvalue weighted by Crippen LogP contribution is -2.42. The van der Waals surface area contributed by atoms with Crippen molar-refractivity contribution in [3.8, 4) is 0 Å². The second-order valence-corrected chi connectivity index (χ2v) is 5.44. The topological polar surface area (TPSA) is 66.6 Å². The minimum absolute atomic E-state index is 0.560. The van der Waals surface area contributed by atoms with Gasteiger partial charge < -0.3 is 9.63 Å². The van der Waals surface area contributed by atoms with E-state index in [0.29, 0.717) is 12.8 Å². The fourth-order valence-electron chi connectivity index (χ4n) is 2.37. The molecule has 0 radical (unpaired) electrons. The van der Waals surface area contributed by atoms with E-state index in [2.05, 4.69) is 10.1 Å². The highest BCUT2D eigenvalue weighted by Crippen LogP contribution is 2.32. The number of nitrogens with zero attached hydrogens (tertiary/aromatic N) is 2. The van der Waals surface area contributed by atoms with E-state index in [4.69, 9.17) is 4.52 Å². The predicted octanol–water partition coefficient (Wildman–Crippen LogP) is 1.98. The summed E-state index contributed by atoms with van der Waals surface area (Å²) < 4.78 is 5.15. The molecular weight excluding hydrogens is 232 g/mol. The van der Waals surface area contributed by atoms with E-state index in [1.165, 1.54) is 0 Å². The third-order valence-electron chi connectivity index (χ3n) is 4.04. The zero-order chi connectivity index (χ0) is 13.3. The summed E-state index contributed by atoms with van der Waals surface area (Å²) in [5.74, 6) is 0.179. The van der Waals surface area contributed by atoms with E-state index in [1.807, 2.05) is 20.8 Å². The molecule has 1 N–H and O–H groups in total. The molecule has 0 amide bonds. The first-order chi connectivity index (χ1) is 8.42. The molecule has 2 rings (SSSR count). The fourth-order valence-corrected chi connectivity index (χ4v) is 2.37. The third kappa shape index (κ3) is 2.41. The number of carbonyl (C=O) groups is 1. The first-order valence-corrected chi connectivity index (χ1v) is 6.30. The number of piperidine rings is 1. The van der Waals surface area contributed by atoms with Gasteiger partial charge in [-0.25, -0.2) is 0 Å². The lowest BCUT2D eigenvalue weighted by atomic mass is 9.80. The van der Waals surface area contributed by atoms with Crippen molar-refractivity contribution < 1.29 is 14.4 Å². The van der Waals surface area contributed by atoms with Crippen molar-refractivity contribution in [1.82, 2.24) is 10.1 Å². The van der Waals surface area contributed by atoms with Gasteiger partial charge in [0.25, 0.3) is 0 Å². The van der Waals surface area contributed by atoms with Gasteiger partial charge in [0, 0.05) is 12.1 Å². The molecule has 0 bridgehead atoms. The predicted molar refractivity (Wildman–Crippen MR) is 66.2 cm³/mol. The van der Waals surface area contributed by atoms with Crippen molar-refractivity contribution >= 4 is 5.97 Å². The summed E-state index contributed by atoms with van der Waals surface area (Å²) in [5.41, 5.74) is 1.50. The molecule has 0 saturated carbocycles. The molecule has 0 spiro atoms. The second kappa shape index (κ2) is 4.72. The van der Waals surface area contributed by atoms with Crippen molar-refractivity contribution in [2.24, 2.45) is 5.41 Å². The summed E-state index contributed by atoms with van der Waals surface area (Å²) >= 11 is 0. The number of hydrogen-bond acceptors (Lipinski definition) is 4. The Hall–Kier alpha value is -1.36. The first kappa shape index (κ1) is 13.1. The number of carboxylic acid groups (broad SMARTS) is 1. The second-order valence-electron chi connectivity index (χ2n) is 5.44. The fraction of sp³-hybridized carbons (Fsp3) is 0.692. The molecular formula is C13H20N2O3. The number of aryl methyl sites for hydroxylation is 2. The van der Waals surface area contributed by atoms with E-state index in [-0.39, 0.29) is 0 Å². The molecule has 1 fully saturated rings. The molecule has 5 nitrogen and oxygen atoms in total. The minimum atomic E-state index is -0.681. The van der Waals surface area contributed by atoms with Crippen molar-refractivity contribution in [3.63, 3.8) is 0 Å². The van der Waals surface area contributed by atoms with E-state index in [1.54, 1.807) is 0 Å². The van der Waals surface area contributed by atoms with Gasteiger partial charge >= 0.3 is 5.97 Å². The monoisotopic (exact) mass is 252 g/mol. The molecule has 18 heavy (non-hydrogen) atoms. The number of rotatable bonds is 3. The van der Waals surface area contributed by atoms with Gasteiger partial charge in [0.15, 0.2) is 0 Å². The highest BCUT2D eigenvalue weighted by Gasteiger charge is 2.36. The molecule has 1 aliphatic heterocycles. The van der Waals surface area contributed by atoms with Crippen molar-refractivity contribution in [1.29, 1.82) is 0 Å². The summed E-state index contributed by atoms with van der Waals surface area (Å²) in [4.78, 5) is 13.4. The van der Waals surface area contributed by atoms with Crippen LogP contribution in [0.4, 0.5) is 0 Å². The lowest BCUT2D eigenvalue weighted by molar-refractivity contribution is -0.150. The van der Waals surface area contributed by atoms with Crippen LogP contribution in [0.25, 0.3) is 0 Å². The zero-order valence-electron chi connectivity index (χ0n) is 11.2. The van der Waals surface area contributed by atoms with Gasteiger partial charge in [-0.1, -0.05) is 5.16 Å². The highest BCUT2D eigenvalue weighted by atomic mass is 16.5. The Morgan fingerprint density at radius 2 is 2.06 bits per heavy atom. The molecule has 5 heteroatoms. The maximum Gasteiger partial charge on any atom is 0.309 e. The Bertz CT molecular complexity index is 426. The van der Waals surface area contributed by atoms with Gasteiger partial charge in [0.05, 0.1) is 11.1 Å². The Labute approximate surface area is 107 Å². The number of carboxylic acids is 1. The Morgan fingerprint density at radius 3 is 2.50 bits per heavy atom. The number of aromatic nitrogens is 1. The standard InChI is InChI=1S/C13H20N2O3/c1-9-11(10(2)18-14-9)8-15-6-4-13(3,5-7-15)12(16)17/h4-8H2,1-3H3,(H,16,17). The van der Waals surface area contributed by atoms with Crippen LogP contribution in [-0.4, -0.2) is 34.2 Å². The Morgan fingerprint density at radius 1 is 1.44 bits per heavy atom. The largest absolute Gasteiger partial charge is 0.481 e. The van der Waals surface area contributed by atoms with Gasteiger partial charge in [-0.15, -0.1) is 0 Å². The van der Waals surface area contributed by atoms with E-state index in [0.717, 1.165) is 36.7 Å². The van der Waals surface area contributed by atoms with Crippen LogP contribution in [0.5, 0.6) is 0 Å². The summed E-state index contributed by atoms with van der Waals surface area (Å²) in [6, 6.07) is 0. The van der Waals surface area contributed by atoms with Gasteiger partial charge in [0.2, 0.25) is 0 Å². The minimum Gasteiger partial charge on any atom is -0.481 e. The average Bonchev–Trinajstić information content (AvgIpc) is 2.63. The Kier molecular flexibility index (Phi) is 3.43. The quantitative estimate of drug-likeness (QED) is 0.891. The maximum atomic E-state index is 11.2. The van der Waals surface area contributed by atoms with Crippen LogP contribution in [0, 0.1) is 19.3 Å². The molecule has 0 aliphatic carbocycles. The normalized spacial score (nSPS) is 19.9. The summed E-state index contributed by atoms with van der Waals surface area (Å²) in [7, 11) is 0. The van der Waals surface area contributed by atoms with Crippen LogP contribution in [0.3, 0.4) is 0 Å². The van der Waals surface area contributed by atoms with Crippen LogP contribution in [0.15, 0.2) is 4.52 Å². The van der Waals surface area contributed by atoms with E-state index in [9.17, 15) is 9.90 Å². The molecule has 0 unspecified atom stereocenters. The van der Waals surface area contributed by atoms with Crippen LogP contribution in [0.1, 0.15) is 36.8 Å². The average molecular weight is 252 g/mol. The molecule has 0 atom stereocenters. The van der Waals surface area contributed by atoms with E-state index >= 15 is 0 Å². The van der Waals surface area contributed by atoms with Crippen LogP contribution in [0.2, 0.25) is 0 Å². The van der Waals surface area contributed by atoms with Crippen molar-refractivity contribution in [3.05, 3.63) is 17.0 Å². The first-order valence-electron chi connectivity index (χ1n) is 6.30. The molecule has 1 saturated heterocycles. The van der Waals surface area contributed by atoms with Crippen molar-refractivity contribution in [2.75, 3.05) is 13.1 Å². The maximum absolute atomic E-state index is 11.2. The van der Waals surface area contributed by atoms with Crippen LogP contribution < -0.4 is 0 Å². The summed E-state index contributed by atoms with van der Waals surface area (Å²) in [6.07, 6.45) is 1.40. The van der Waals surface area contributed by atoms with Gasteiger partial charge in [-0.2, -0.15) is 0 Å². The van der Waals surface area contributed by atoms with Crippen LogP contribution >= 0.6 is 0 Å². The summed E-state index contributed by atoms with van der Waals surface area (Å²) in [6.45, 7) is 8.12. The molecule has 100 valence electrons. The van der Waals surface area contributed by atoms with Gasteiger partial charge in [-0.3, -0.25) is 9.69 Å². The van der Waals surface area contributed by atoms with Gasteiger partial charge in [-0.05, 0) is 46.7 Å². The number of hydrogen-bond donors (Lipinski definition) is 1. The SMILES string of the molecule is Cc1noc(C)c1CN1CCC(C)(C(=O)O)CC1. The smallest absolute Gasteiger partial charge is 0.309 e. The third-order valence-corrected chi connectivity index (χ3v) is 4.04. The van der Waals surface area contributed by atoms with Gasteiger partial charge in [0.1, 0.15) is 5.76 Å². The Balaban J connectivity index is 1.97. The number of likely N-dealkylation sites (tertiary alicyclic amines) is 1. The summed E-state index contributed by atoms with van der Waals surface area (Å²) in [5, 5.41) is 13.1. The lowest BCUT2D eigenvalue weighted by Gasteiger charge is -2.36. The van der Waals surface area contributed by atoms with E-state index < -0.39 is 11.4 Å².